The van der Waals surface area contributed by atoms with E-state index in [-0.39, 0.29) is 5.37 Å². The number of thioether (sulfide) groups is 1. The second-order valence-corrected chi connectivity index (χ2v) is 3.57. The van der Waals surface area contributed by atoms with Crippen LogP contribution in [-0.4, -0.2) is 42.0 Å². The topological polar surface area (TPSA) is 58.6 Å². The van der Waals surface area contributed by atoms with Crippen LogP contribution in [0.1, 0.15) is 0 Å². The van der Waals surface area contributed by atoms with E-state index in [2.05, 4.69) is 5.32 Å². The average molecular weight is 177 g/mol. The first-order chi connectivity index (χ1) is 5.24. The van der Waals surface area contributed by atoms with Crippen molar-refractivity contribution in [2.45, 2.75) is 11.4 Å². The number of rotatable bonds is 3. The molecule has 0 amide bonds. The Kier molecular flexibility index (Phi) is 3.16. The minimum Gasteiger partial charge on any atom is -0.480 e. The number of methoxy groups -OCH3 is 1. The Morgan fingerprint density at radius 3 is 3.09 bits per heavy atom. The van der Waals surface area contributed by atoms with Gasteiger partial charge in [-0.3, -0.25) is 10.1 Å². The molecule has 0 spiro atoms. The number of ether oxygens (including phenoxy) is 1. The Morgan fingerprint density at radius 2 is 2.64 bits per heavy atom. The van der Waals surface area contributed by atoms with Crippen molar-refractivity contribution in [1.82, 2.24) is 5.32 Å². The predicted molar refractivity (Wildman–Crippen MR) is 42.7 cm³/mol. The highest BCUT2D eigenvalue weighted by Gasteiger charge is 2.28. The number of hydrogen-bond donors (Lipinski definition) is 2. The van der Waals surface area contributed by atoms with Crippen LogP contribution in [0, 0.1) is 0 Å². The van der Waals surface area contributed by atoms with Gasteiger partial charge in [0.15, 0.2) is 0 Å². The van der Waals surface area contributed by atoms with Gasteiger partial charge in [0.25, 0.3) is 0 Å². The maximum absolute atomic E-state index is 10.4. The molecule has 0 aromatic carbocycles. The van der Waals surface area contributed by atoms with E-state index in [0.717, 1.165) is 0 Å². The fourth-order valence-corrected chi connectivity index (χ4v) is 2.08. The van der Waals surface area contributed by atoms with Gasteiger partial charge in [0.05, 0.1) is 12.0 Å². The van der Waals surface area contributed by atoms with Gasteiger partial charge >= 0.3 is 5.97 Å². The van der Waals surface area contributed by atoms with E-state index in [9.17, 15) is 4.79 Å². The van der Waals surface area contributed by atoms with Gasteiger partial charge in [-0.05, 0) is 0 Å². The van der Waals surface area contributed by atoms with Crippen LogP contribution in [0.3, 0.4) is 0 Å². The first-order valence-electron chi connectivity index (χ1n) is 3.33. The molecule has 1 fully saturated rings. The summed E-state index contributed by atoms with van der Waals surface area (Å²) in [4.78, 5) is 10.4. The zero-order valence-corrected chi connectivity index (χ0v) is 7.06. The molecule has 2 N–H and O–H groups in total. The summed E-state index contributed by atoms with van der Waals surface area (Å²) in [5.74, 6) is -0.153. The van der Waals surface area contributed by atoms with Gasteiger partial charge in [0.1, 0.15) is 6.04 Å². The molecule has 2 unspecified atom stereocenters. The lowest BCUT2D eigenvalue weighted by atomic mass is 10.3. The number of carbonyl (C=O) groups is 1. The van der Waals surface area contributed by atoms with Crippen molar-refractivity contribution < 1.29 is 14.6 Å². The Morgan fingerprint density at radius 1 is 1.91 bits per heavy atom. The van der Waals surface area contributed by atoms with E-state index in [4.69, 9.17) is 9.84 Å². The van der Waals surface area contributed by atoms with Crippen LogP contribution in [0.4, 0.5) is 0 Å². The summed E-state index contributed by atoms with van der Waals surface area (Å²) >= 11 is 1.59. The van der Waals surface area contributed by atoms with Crippen molar-refractivity contribution in [2.24, 2.45) is 0 Å². The van der Waals surface area contributed by atoms with E-state index < -0.39 is 12.0 Å². The minimum absolute atomic E-state index is 0.140. The summed E-state index contributed by atoms with van der Waals surface area (Å²) in [6, 6.07) is -0.403. The molecule has 5 heteroatoms. The zero-order chi connectivity index (χ0) is 8.27. The molecule has 1 aliphatic heterocycles. The maximum atomic E-state index is 10.4. The quantitative estimate of drug-likeness (QED) is 0.622. The molecule has 0 aliphatic carbocycles. The van der Waals surface area contributed by atoms with Gasteiger partial charge in [-0.15, -0.1) is 11.8 Å². The fraction of sp³-hybridized carbons (Fsp3) is 0.833. The second kappa shape index (κ2) is 3.94. The second-order valence-electron chi connectivity index (χ2n) is 2.33. The van der Waals surface area contributed by atoms with Crippen LogP contribution < -0.4 is 5.32 Å². The molecule has 1 heterocycles. The molecular formula is C6H11NO3S. The Balaban J connectivity index is 2.29. The largest absolute Gasteiger partial charge is 0.480 e. The molecule has 1 aliphatic rings. The number of aliphatic carboxylic acids is 1. The maximum Gasteiger partial charge on any atom is 0.321 e. The van der Waals surface area contributed by atoms with E-state index in [1.54, 1.807) is 18.9 Å². The van der Waals surface area contributed by atoms with Crippen molar-refractivity contribution >= 4 is 17.7 Å². The monoisotopic (exact) mass is 177 g/mol. The van der Waals surface area contributed by atoms with E-state index in [0.29, 0.717) is 12.4 Å². The molecule has 0 bridgehead atoms. The molecule has 0 aromatic heterocycles. The van der Waals surface area contributed by atoms with Gasteiger partial charge < -0.3 is 9.84 Å². The summed E-state index contributed by atoms with van der Waals surface area (Å²) in [6.07, 6.45) is 0. The first-order valence-corrected chi connectivity index (χ1v) is 4.38. The SMILES string of the molecule is COCC1NC(C(=O)O)CS1. The molecular weight excluding hydrogens is 166 g/mol. The van der Waals surface area contributed by atoms with E-state index in [1.807, 2.05) is 0 Å². The molecule has 2 atom stereocenters. The standard InChI is InChI=1S/C6H11NO3S/c1-10-2-5-7-4(3-11-5)6(8)9/h4-5,7H,2-3H2,1H3,(H,8,9). The number of nitrogens with one attached hydrogen (secondary N) is 1. The lowest BCUT2D eigenvalue weighted by Crippen LogP contribution is -2.38. The van der Waals surface area contributed by atoms with Crippen molar-refractivity contribution in [3.63, 3.8) is 0 Å². The number of hydrogen-bond acceptors (Lipinski definition) is 4. The Hall–Kier alpha value is -0.260. The molecule has 1 rings (SSSR count). The highest BCUT2D eigenvalue weighted by atomic mass is 32.2. The van der Waals surface area contributed by atoms with Gasteiger partial charge in [0, 0.05) is 12.9 Å². The van der Waals surface area contributed by atoms with Crippen molar-refractivity contribution in [2.75, 3.05) is 19.5 Å². The number of carboxylic acids is 1. The lowest BCUT2D eigenvalue weighted by molar-refractivity contribution is -0.138. The Bertz CT molecular complexity index is 153. The highest BCUT2D eigenvalue weighted by molar-refractivity contribution is 8.00. The molecule has 1 saturated heterocycles. The van der Waals surface area contributed by atoms with Crippen molar-refractivity contribution in [3.8, 4) is 0 Å². The van der Waals surface area contributed by atoms with Crippen LogP contribution in [0.25, 0.3) is 0 Å². The Labute approximate surface area is 69.3 Å². The summed E-state index contributed by atoms with van der Waals surface area (Å²) < 4.78 is 4.88. The third-order valence-corrected chi connectivity index (χ3v) is 2.67. The molecule has 64 valence electrons. The third-order valence-electron chi connectivity index (χ3n) is 1.47. The summed E-state index contributed by atoms with van der Waals surface area (Å²) in [7, 11) is 1.61. The molecule has 11 heavy (non-hydrogen) atoms. The summed E-state index contributed by atoms with van der Waals surface area (Å²) in [5, 5.41) is 11.7. The van der Waals surface area contributed by atoms with Gasteiger partial charge in [-0.2, -0.15) is 0 Å². The van der Waals surface area contributed by atoms with Crippen molar-refractivity contribution in [1.29, 1.82) is 0 Å². The van der Waals surface area contributed by atoms with E-state index in [1.165, 1.54) is 0 Å². The first kappa shape index (κ1) is 8.83. The lowest BCUT2D eigenvalue weighted by Gasteiger charge is -2.08. The van der Waals surface area contributed by atoms with Crippen molar-refractivity contribution in [3.05, 3.63) is 0 Å². The molecule has 0 radical (unpaired) electrons. The number of carboxylic acid groups (broad SMARTS) is 1. The van der Waals surface area contributed by atoms with Crippen LogP contribution >= 0.6 is 11.8 Å². The van der Waals surface area contributed by atoms with Gasteiger partial charge in [0.2, 0.25) is 0 Å². The third kappa shape index (κ3) is 2.36. The smallest absolute Gasteiger partial charge is 0.321 e. The summed E-state index contributed by atoms with van der Waals surface area (Å²) in [5.41, 5.74) is 0. The van der Waals surface area contributed by atoms with Crippen LogP contribution in [0.2, 0.25) is 0 Å². The average Bonchev–Trinajstić information content (AvgIpc) is 2.37. The van der Waals surface area contributed by atoms with Gasteiger partial charge in [-0.1, -0.05) is 0 Å². The molecule has 4 nitrogen and oxygen atoms in total. The van der Waals surface area contributed by atoms with Gasteiger partial charge in [-0.25, -0.2) is 0 Å². The molecule has 0 saturated carbocycles. The minimum atomic E-state index is -0.781. The normalized spacial score (nSPS) is 30.6. The van der Waals surface area contributed by atoms with Crippen LogP contribution in [-0.2, 0) is 9.53 Å². The predicted octanol–water partition coefficient (Wildman–Crippen LogP) is -0.251. The van der Waals surface area contributed by atoms with Crippen LogP contribution in [0.5, 0.6) is 0 Å². The van der Waals surface area contributed by atoms with E-state index >= 15 is 0 Å². The zero-order valence-electron chi connectivity index (χ0n) is 6.24. The summed E-state index contributed by atoms with van der Waals surface area (Å²) in [6.45, 7) is 0.564. The fourth-order valence-electron chi connectivity index (χ4n) is 0.923. The molecule has 0 aromatic rings. The highest BCUT2D eigenvalue weighted by Crippen LogP contribution is 2.18. The van der Waals surface area contributed by atoms with Crippen LogP contribution in [0.15, 0.2) is 0 Å².